The van der Waals surface area contributed by atoms with Crippen molar-refractivity contribution < 1.29 is 14.3 Å². The van der Waals surface area contributed by atoms with Crippen LogP contribution in [0.5, 0.6) is 11.5 Å². The number of hydrogen-bond acceptors (Lipinski definition) is 4. The van der Waals surface area contributed by atoms with E-state index >= 15 is 0 Å². The maximum Gasteiger partial charge on any atom is 0.226 e. The Kier molecular flexibility index (Phi) is 4.50. The summed E-state index contributed by atoms with van der Waals surface area (Å²) in [5, 5.41) is 2.90. The molecule has 0 spiro atoms. The molecule has 0 unspecified atom stereocenters. The molecule has 0 saturated carbocycles. The van der Waals surface area contributed by atoms with Gasteiger partial charge in [-0.15, -0.1) is 0 Å². The first-order chi connectivity index (χ1) is 11.1. The van der Waals surface area contributed by atoms with Gasteiger partial charge in [0, 0.05) is 31.3 Å². The van der Waals surface area contributed by atoms with Gasteiger partial charge in [0.15, 0.2) is 11.5 Å². The molecule has 0 fully saturated rings. The van der Waals surface area contributed by atoms with E-state index in [9.17, 15) is 4.79 Å². The second-order valence-corrected chi connectivity index (χ2v) is 5.76. The van der Waals surface area contributed by atoms with Crippen molar-refractivity contribution >= 4 is 11.6 Å². The molecule has 6 heteroatoms. The van der Waals surface area contributed by atoms with Crippen LogP contribution < -0.4 is 14.8 Å². The van der Waals surface area contributed by atoms with Gasteiger partial charge in [0.1, 0.15) is 19.0 Å². The van der Waals surface area contributed by atoms with E-state index in [4.69, 9.17) is 9.47 Å². The molecule has 1 aromatic heterocycles. The van der Waals surface area contributed by atoms with Gasteiger partial charge in [0.05, 0.1) is 5.69 Å². The first kappa shape index (κ1) is 15.4. The molecule has 1 N–H and O–H groups in total. The molecule has 3 rings (SSSR count). The summed E-state index contributed by atoms with van der Waals surface area (Å²) in [6.07, 6.45) is 4.05. The van der Waals surface area contributed by atoms with Crippen LogP contribution >= 0.6 is 0 Å². The van der Waals surface area contributed by atoms with Crippen LogP contribution in [0.1, 0.15) is 32.0 Å². The largest absolute Gasteiger partial charge is 0.486 e. The van der Waals surface area contributed by atoms with Crippen molar-refractivity contribution in [2.24, 2.45) is 0 Å². The highest BCUT2D eigenvalue weighted by Crippen LogP contribution is 2.37. The molecule has 2 aromatic rings. The van der Waals surface area contributed by atoms with Crippen molar-refractivity contribution in [3.05, 3.63) is 36.4 Å². The summed E-state index contributed by atoms with van der Waals surface area (Å²) in [4.78, 5) is 16.6. The Labute approximate surface area is 135 Å². The van der Waals surface area contributed by atoms with Crippen molar-refractivity contribution in [2.45, 2.75) is 32.7 Å². The predicted molar refractivity (Wildman–Crippen MR) is 87.0 cm³/mol. The van der Waals surface area contributed by atoms with Crippen LogP contribution in [0.3, 0.4) is 0 Å². The van der Waals surface area contributed by atoms with E-state index in [-0.39, 0.29) is 5.91 Å². The Balaban J connectivity index is 1.63. The van der Waals surface area contributed by atoms with Crippen molar-refractivity contribution in [1.82, 2.24) is 9.55 Å². The highest BCUT2D eigenvalue weighted by atomic mass is 16.6. The Morgan fingerprint density at radius 1 is 1.35 bits per heavy atom. The summed E-state index contributed by atoms with van der Waals surface area (Å²) in [6.45, 7) is 5.81. The van der Waals surface area contributed by atoms with Gasteiger partial charge in [0.2, 0.25) is 5.91 Å². The van der Waals surface area contributed by atoms with Crippen LogP contribution in [0, 0.1) is 0 Å². The summed E-state index contributed by atoms with van der Waals surface area (Å²) < 4.78 is 13.1. The number of ether oxygens (including phenoxy) is 2. The molecular weight excluding hydrogens is 294 g/mol. The fourth-order valence-electron chi connectivity index (χ4n) is 2.62. The van der Waals surface area contributed by atoms with Crippen molar-refractivity contribution in [2.75, 3.05) is 18.5 Å². The van der Waals surface area contributed by atoms with Gasteiger partial charge in [-0.1, -0.05) is 19.9 Å². The zero-order valence-electron chi connectivity index (χ0n) is 13.4. The quantitative estimate of drug-likeness (QED) is 0.921. The third kappa shape index (κ3) is 3.47. The standard InChI is InChI=1S/C17H21N3O3/c1-12(2)17-18-7-9-20(17)8-6-15(21)19-13-4-3-5-14-16(13)23-11-10-22-14/h3-5,7,9,12H,6,8,10-11H2,1-2H3,(H,19,21). The number of rotatable bonds is 5. The summed E-state index contributed by atoms with van der Waals surface area (Å²) in [5.74, 6) is 2.55. The smallest absolute Gasteiger partial charge is 0.226 e. The topological polar surface area (TPSA) is 65.4 Å². The van der Waals surface area contributed by atoms with Crippen LogP contribution in [0.2, 0.25) is 0 Å². The number of aromatic nitrogens is 2. The summed E-state index contributed by atoms with van der Waals surface area (Å²) in [5.41, 5.74) is 0.655. The molecule has 0 atom stereocenters. The molecule has 0 radical (unpaired) electrons. The molecule has 0 aliphatic carbocycles. The molecule has 2 heterocycles. The van der Waals surface area contributed by atoms with Crippen LogP contribution in [0.25, 0.3) is 0 Å². The second kappa shape index (κ2) is 6.73. The molecule has 1 aliphatic heterocycles. The minimum Gasteiger partial charge on any atom is -0.486 e. The first-order valence-electron chi connectivity index (χ1n) is 7.84. The molecule has 0 saturated heterocycles. The molecule has 1 aliphatic rings. The number of imidazole rings is 1. The zero-order chi connectivity index (χ0) is 16.2. The highest BCUT2D eigenvalue weighted by Gasteiger charge is 2.17. The second-order valence-electron chi connectivity index (χ2n) is 5.76. The Morgan fingerprint density at radius 3 is 3.00 bits per heavy atom. The van der Waals surface area contributed by atoms with E-state index in [1.807, 2.05) is 29.0 Å². The third-order valence-corrected chi connectivity index (χ3v) is 3.68. The number of nitrogens with one attached hydrogen (secondary N) is 1. The Bertz CT molecular complexity index is 694. The van der Waals surface area contributed by atoms with Crippen LogP contribution in [0.4, 0.5) is 5.69 Å². The van der Waals surface area contributed by atoms with Crippen LogP contribution in [-0.2, 0) is 11.3 Å². The monoisotopic (exact) mass is 315 g/mol. The summed E-state index contributed by atoms with van der Waals surface area (Å²) in [7, 11) is 0. The number of amides is 1. The number of hydrogen-bond donors (Lipinski definition) is 1. The highest BCUT2D eigenvalue weighted by molar-refractivity contribution is 5.92. The lowest BCUT2D eigenvalue weighted by Crippen LogP contribution is -2.19. The number of aryl methyl sites for hydroxylation is 1. The number of para-hydroxylation sites is 1. The maximum absolute atomic E-state index is 12.2. The first-order valence-corrected chi connectivity index (χ1v) is 7.84. The number of benzene rings is 1. The lowest BCUT2D eigenvalue weighted by molar-refractivity contribution is -0.116. The number of carbonyl (C=O) groups is 1. The summed E-state index contributed by atoms with van der Waals surface area (Å²) >= 11 is 0. The average molecular weight is 315 g/mol. The van der Waals surface area contributed by atoms with E-state index in [2.05, 4.69) is 24.1 Å². The van der Waals surface area contributed by atoms with Gasteiger partial charge in [-0.05, 0) is 12.1 Å². The number of nitrogens with zero attached hydrogens (tertiary/aromatic N) is 2. The molecule has 1 aromatic carbocycles. The maximum atomic E-state index is 12.2. The normalized spacial score (nSPS) is 13.2. The molecule has 0 bridgehead atoms. The van der Waals surface area contributed by atoms with Gasteiger partial charge < -0.3 is 19.4 Å². The lowest BCUT2D eigenvalue weighted by atomic mass is 10.2. The number of carbonyl (C=O) groups excluding carboxylic acids is 1. The predicted octanol–water partition coefficient (Wildman–Crippen LogP) is 2.81. The SMILES string of the molecule is CC(C)c1nccn1CCC(=O)Nc1cccc2c1OCCO2. The van der Waals surface area contributed by atoms with Crippen molar-refractivity contribution in [3.8, 4) is 11.5 Å². The molecular formula is C17H21N3O3. The lowest BCUT2D eigenvalue weighted by Gasteiger charge is -2.21. The third-order valence-electron chi connectivity index (χ3n) is 3.68. The molecule has 23 heavy (non-hydrogen) atoms. The van der Waals surface area contributed by atoms with Crippen LogP contribution in [0.15, 0.2) is 30.6 Å². The van der Waals surface area contributed by atoms with Crippen LogP contribution in [-0.4, -0.2) is 28.7 Å². The summed E-state index contributed by atoms with van der Waals surface area (Å²) in [6, 6.07) is 5.50. The fourth-order valence-corrected chi connectivity index (χ4v) is 2.62. The van der Waals surface area contributed by atoms with Gasteiger partial charge >= 0.3 is 0 Å². The fraction of sp³-hybridized carbons (Fsp3) is 0.412. The number of fused-ring (bicyclic) bond motifs is 1. The van der Waals surface area contributed by atoms with E-state index in [1.54, 1.807) is 6.20 Å². The molecule has 6 nitrogen and oxygen atoms in total. The van der Waals surface area contributed by atoms with Gasteiger partial charge in [0.25, 0.3) is 0 Å². The molecule has 1 amide bonds. The average Bonchev–Trinajstić information content (AvgIpc) is 3.02. The molecule has 122 valence electrons. The van der Waals surface area contributed by atoms with Crippen molar-refractivity contribution in [3.63, 3.8) is 0 Å². The minimum absolute atomic E-state index is 0.0593. The number of anilines is 1. The van der Waals surface area contributed by atoms with E-state index in [1.165, 1.54) is 0 Å². The van der Waals surface area contributed by atoms with Gasteiger partial charge in [-0.2, -0.15) is 0 Å². The van der Waals surface area contributed by atoms with Gasteiger partial charge in [-0.3, -0.25) is 4.79 Å². The minimum atomic E-state index is -0.0593. The van der Waals surface area contributed by atoms with E-state index in [0.717, 1.165) is 5.82 Å². The Hall–Kier alpha value is -2.50. The van der Waals surface area contributed by atoms with Gasteiger partial charge in [-0.25, -0.2) is 4.98 Å². The van der Waals surface area contributed by atoms with Crippen molar-refractivity contribution in [1.29, 1.82) is 0 Å². The van der Waals surface area contributed by atoms with E-state index < -0.39 is 0 Å². The Morgan fingerprint density at radius 2 is 2.17 bits per heavy atom. The van der Waals surface area contributed by atoms with E-state index in [0.29, 0.717) is 49.3 Å². The zero-order valence-corrected chi connectivity index (χ0v) is 13.4.